The van der Waals surface area contributed by atoms with Gasteiger partial charge in [0.2, 0.25) is 5.91 Å². The molecule has 1 aromatic rings. The first-order valence-corrected chi connectivity index (χ1v) is 6.38. The summed E-state index contributed by atoms with van der Waals surface area (Å²) in [6.45, 7) is 2.74. The van der Waals surface area contributed by atoms with Crippen LogP contribution in [0.1, 0.15) is 18.4 Å². The minimum Gasteiger partial charge on any atom is -0.494 e. The molecule has 2 rings (SSSR count). The fourth-order valence-corrected chi connectivity index (χ4v) is 2.40. The Kier molecular flexibility index (Phi) is 4.04. The van der Waals surface area contributed by atoms with E-state index >= 15 is 0 Å². The molecule has 1 heterocycles. The zero-order valence-corrected chi connectivity index (χ0v) is 11.5. The van der Waals surface area contributed by atoms with Gasteiger partial charge >= 0.3 is 0 Å². The summed E-state index contributed by atoms with van der Waals surface area (Å²) >= 11 is 0. The third kappa shape index (κ3) is 2.87. The van der Waals surface area contributed by atoms with E-state index in [1.165, 1.54) is 13.2 Å². The molecule has 1 fully saturated rings. The topological polar surface area (TPSA) is 41.6 Å². The Hall–Kier alpha value is -1.62. The van der Waals surface area contributed by atoms with E-state index in [1.54, 1.807) is 6.07 Å². The molecule has 0 aliphatic carbocycles. The molecule has 0 bridgehead atoms. The average Bonchev–Trinajstić information content (AvgIpc) is 2.79. The van der Waals surface area contributed by atoms with Gasteiger partial charge in [0.05, 0.1) is 13.2 Å². The lowest BCUT2D eigenvalue weighted by atomic mass is 10.1. The molecule has 1 amide bonds. The van der Waals surface area contributed by atoms with Gasteiger partial charge in [0.25, 0.3) is 0 Å². The number of likely N-dealkylation sites (N-methyl/N-ethyl adjacent to an activating group) is 1. The lowest BCUT2D eigenvalue weighted by Crippen LogP contribution is -2.37. The normalized spacial score (nSPS) is 19.5. The molecule has 0 radical (unpaired) electrons. The maximum atomic E-state index is 13.6. The second-order valence-corrected chi connectivity index (χ2v) is 4.93. The Bertz CT molecular complexity index is 491. The molecule has 1 aromatic carbocycles. The number of anilines is 1. The van der Waals surface area contributed by atoms with Crippen LogP contribution in [0.15, 0.2) is 12.1 Å². The largest absolute Gasteiger partial charge is 0.494 e. The lowest BCUT2D eigenvalue weighted by Gasteiger charge is -2.19. The van der Waals surface area contributed by atoms with Gasteiger partial charge in [-0.25, -0.2) is 4.39 Å². The van der Waals surface area contributed by atoms with Crippen LogP contribution in [0.5, 0.6) is 5.75 Å². The number of hydrogen-bond donors (Lipinski definition) is 1. The number of rotatable bonds is 3. The number of amides is 1. The molecule has 19 heavy (non-hydrogen) atoms. The Morgan fingerprint density at radius 1 is 1.53 bits per heavy atom. The summed E-state index contributed by atoms with van der Waals surface area (Å²) in [5.74, 6) is -0.357. The number of aryl methyl sites for hydroxylation is 1. The zero-order chi connectivity index (χ0) is 14.0. The molecular weight excluding hydrogens is 247 g/mol. The number of carbonyl (C=O) groups is 1. The summed E-state index contributed by atoms with van der Waals surface area (Å²) in [7, 11) is 3.35. The van der Waals surface area contributed by atoms with Gasteiger partial charge in [0, 0.05) is 11.8 Å². The van der Waals surface area contributed by atoms with Crippen molar-refractivity contribution in [1.82, 2.24) is 4.90 Å². The number of halogens is 1. The molecule has 0 saturated carbocycles. The highest BCUT2D eigenvalue weighted by Gasteiger charge is 2.28. The Morgan fingerprint density at radius 2 is 2.26 bits per heavy atom. The first-order chi connectivity index (χ1) is 9.02. The molecule has 1 unspecified atom stereocenters. The molecule has 1 aliphatic rings. The number of nitrogens with zero attached hydrogens (tertiary/aromatic N) is 1. The van der Waals surface area contributed by atoms with Gasteiger partial charge in [0.15, 0.2) is 11.6 Å². The number of hydrogen-bond acceptors (Lipinski definition) is 3. The van der Waals surface area contributed by atoms with Crippen LogP contribution in [-0.4, -0.2) is 37.6 Å². The number of benzene rings is 1. The molecule has 5 heteroatoms. The molecule has 1 saturated heterocycles. The molecule has 0 spiro atoms. The van der Waals surface area contributed by atoms with Gasteiger partial charge < -0.3 is 10.1 Å². The molecule has 1 aliphatic heterocycles. The van der Waals surface area contributed by atoms with Crippen molar-refractivity contribution in [2.45, 2.75) is 25.8 Å². The van der Waals surface area contributed by atoms with Crippen LogP contribution in [-0.2, 0) is 4.79 Å². The lowest BCUT2D eigenvalue weighted by molar-refractivity contribution is -0.119. The van der Waals surface area contributed by atoms with Gasteiger partial charge in [-0.05, 0) is 45.0 Å². The second kappa shape index (κ2) is 5.57. The van der Waals surface area contributed by atoms with Crippen molar-refractivity contribution in [1.29, 1.82) is 0 Å². The van der Waals surface area contributed by atoms with Crippen molar-refractivity contribution in [2.75, 3.05) is 26.0 Å². The number of likely N-dealkylation sites (tertiary alicyclic amines) is 1. The van der Waals surface area contributed by atoms with Crippen LogP contribution in [0.2, 0.25) is 0 Å². The molecule has 4 nitrogen and oxygen atoms in total. The van der Waals surface area contributed by atoms with Crippen LogP contribution in [0, 0.1) is 12.7 Å². The fraction of sp³-hybridized carbons (Fsp3) is 0.500. The monoisotopic (exact) mass is 266 g/mol. The number of carbonyl (C=O) groups excluding carboxylic acids is 1. The molecule has 1 N–H and O–H groups in total. The summed E-state index contributed by atoms with van der Waals surface area (Å²) in [5, 5.41) is 2.80. The van der Waals surface area contributed by atoms with Crippen molar-refractivity contribution >= 4 is 11.6 Å². The third-order valence-corrected chi connectivity index (χ3v) is 3.58. The predicted octanol–water partition coefficient (Wildman–Crippen LogP) is 2.18. The SMILES string of the molecule is COc1cc(C)c(NC(=O)C2CCCN2C)cc1F. The standard InChI is InChI=1S/C14H19FN2O2/c1-9-7-13(19-3)10(15)8-11(9)16-14(18)12-5-4-6-17(12)2/h7-8,12H,4-6H2,1-3H3,(H,16,18). The summed E-state index contributed by atoms with van der Waals surface area (Å²) < 4.78 is 18.6. The Labute approximate surface area is 112 Å². The van der Waals surface area contributed by atoms with E-state index in [0.29, 0.717) is 5.69 Å². The molecule has 0 aromatic heterocycles. The maximum Gasteiger partial charge on any atom is 0.241 e. The predicted molar refractivity (Wildman–Crippen MR) is 72.0 cm³/mol. The highest BCUT2D eigenvalue weighted by atomic mass is 19.1. The zero-order valence-electron chi connectivity index (χ0n) is 11.5. The highest BCUT2D eigenvalue weighted by Crippen LogP contribution is 2.26. The van der Waals surface area contributed by atoms with Crippen LogP contribution in [0.4, 0.5) is 10.1 Å². The van der Waals surface area contributed by atoms with Crippen molar-refractivity contribution in [2.24, 2.45) is 0 Å². The Morgan fingerprint density at radius 3 is 2.84 bits per heavy atom. The van der Waals surface area contributed by atoms with Crippen molar-refractivity contribution in [3.05, 3.63) is 23.5 Å². The molecular formula is C14H19FN2O2. The maximum absolute atomic E-state index is 13.6. The van der Waals surface area contributed by atoms with Gasteiger partial charge in [0.1, 0.15) is 0 Å². The molecule has 104 valence electrons. The van der Waals surface area contributed by atoms with Crippen molar-refractivity contribution in [3.63, 3.8) is 0 Å². The van der Waals surface area contributed by atoms with Crippen molar-refractivity contribution in [3.8, 4) is 5.75 Å². The number of ether oxygens (including phenoxy) is 1. The van der Waals surface area contributed by atoms with Gasteiger partial charge in [-0.1, -0.05) is 0 Å². The minimum atomic E-state index is -0.469. The van der Waals surface area contributed by atoms with E-state index in [1.807, 2.05) is 18.9 Å². The van der Waals surface area contributed by atoms with E-state index in [-0.39, 0.29) is 17.7 Å². The van der Waals surface area contributed by atoms with E-state index in [4.69, 9.17) is 4.74 Å². The number of methoxy groups -OCH3 is 1. The van der Waals surface area contributed by atoms with E-state index < -0.39 is 5.82 Å². The quantitative estimate of drug-likeness (QED) is 0.911. The Balaban J connectivity index is 2.15. The third-order valence-electron chi connectivity index (χ3n) is 3.58. The van der Waals surface area contributed by atoms with Crippen LogP contribution < -0.4 is 10.1 Å². The van der Waals surface area contributed by atoms with E-state index in [0.717, 1.165) is 24.9 Å². The molecule has 1 atom stereocenters. The summed E-state index contributed by atoms with van der Waals surface area (Å²) in [6, 6.07) is 2.77. The average molecular weight is 266 g/mol. The van der Waals surface area contributed by atoms with Crippen molar-refractivity contribution < 1.29 is 13.9 Å². The van der Waals surface area contributed by atoms with Gasteiger partial charge in [-0.15, -0.1) is 0 Å². The van der Waals surface area contributed by atoms with E-state index in [9.17, 15) is 9.18 Å². The minimum absolute atomic E-state index is 0.0762. The summed E-state index contributed by atoms with van der Waals surface area (Å²) in [5.41, 5.74) is 1.29. The first-order valence-electron chi connectivity index (χ1n) is 6.38. The second-order valence-electron chi connectivity index (χ2n) is 4.93. The van der Waals surface area contributed by atoms with Crippen LogP contribution in [0.25, 0.3) is 0 Å². The van der Waals surface area contributed by atoms with Gasteiger partial charge in [-0.3, -0.25) is 9.69 Å². The summed E-state index contributed by atoms with van der Waals surface area (Å²) in [6.07, 6.45) is 1.87. The number of nitrogens with one attached hydrogen (secondary N) is 1. The first kappa shape index (κ1) is 13.8. The highest BCUT2D eigenvalue weighted by molar-refractivity contribution is 5.95. The fourth-order valence-electron chi connectivity index (χ4n) is 2.40. The van der Waals surface area contributed by atoms with Crippen LogP contribution >= 0.6 is 0 Å². The van der Waals surface area contributed by atoms with Gasteiger partial charge in [-0.2, -0.15) is 0 Å². The van der Waals surface area contributed by atoms with Crippen LogP contribution in [0.3, 0.4) is 0 Å². The van der Waals surface area contributed by atoms with E-state index in [2.05, 4.69) is 5.32 Å². The smallest absolute Gasteiger partial charge is 0.241 e. The summed E-state index contributed by atoms with van der Waals surface area (Å²) in [4.78, 5) is 14.2.